The zero-order valence-corrected chi connectivity index (χ0v) is 20.8. The SMILES string of the molecule is COc1cc2c(C(=O)N3CCc4ccccc4C3)cnc(CNC(=O)OC(C)(C)C)c2cc1OC. The first-order valence-electron chi connectivity index (χ1n) is 11.6. The molecule has 2 heterocycles. The van der Waals surface area contributed by atoms with Crippen LogP contribution in [0.5, 0.6) is 11.5 Å². The highest BCUT2D eigenvalue weighted by Gasteiger charge is 2.25. The van der Waals surface area contributed by atoms with Crippen molar-refractivity contribution in [2.45, 2.75) is 45.9 Å². The summed E-state index contributed by atoms with van der Waals surface area (Å²) in [6.45, 7) is 6.72. The zero-order valence-electron chi connectivity index (χ0n) is 20.8. The van der Waals surface area contributed by atoms with Crippen LogP contribution in [-0.2, 0) is 24.2 Å². The molecule has 8 heteroatoms. The van der Waals surface area contributed by atoms with E-state index in [4.69, 9.17) is 14.2 Å². The number of rotatable bonds is 5. The van der Waals surface area contributed by atoms with Gasteiger partial charge in [0.05, 0.1) is 32.0 Å². The van der Waals surface area contributed by atoms with Crippen molar-refractivity contribution in [3.8, 4) is 11.5 Å². The van der Waals surface area contributed by atoms with Crippen molar-refractivity contribution in [2.75, 3.05) is 20.8 Å². The monoisotopic (exact) mass is 477 g/mol. The third-order valence-electron chi connectivity index (χ3n) is 5.92. The highest BCUT2D eigenvalue weighted by Crippen LogP contribution is 2.35. The summed E-state index contributed by atoms with van der Waals surface area (Å²) in [5.74, 6) is 0.919. The van der Waals surface area contributed by atoms with Crippen LogP contribution in [0.25, 0.3) is 10.8 Å². The van der Waals surface area contributed by atoms with E-state index in [-0.39, 0.29) is 12.5 Å². The number of nitrogens with one attached hydrogen (secondary N) is 1. The Morgan fingerprint density at radius 1 is 1.03 bits per heavy atom. The molecule has 2 amide bonds. The third kappa shape index (κ3) is 5.31. The van der Waals surface area contributed by atoms with Gasteiger partial charge in [-0.25, -0.2) is 4.79 Å². The van der Waals surface area contributed by atoms with Gasteiger partial charge in [0.25, 0.3) is 5.91 Å². The van der Waals surface area contributed by atoms with Gasteiger partial charge in [0.1, 0.15) is 5.60 Å². The Bertz CT molecular complexity index is 1270. The molecule has 8 nitrogen and oxygen atoms in total. The number of nitrogens with zero attached hydrogens (tertiary/aromatic N) is 2. The number of hydrogen-bond acceptors (Lipinski definition) is 6. The van der Waals surface area contributed by atoms with Crippen molar-refractivity contribution < 1.29 is 23.8 Å². The Hall–Kier alpha value is -3.81. The Balaban J connectivity index is 1.70. The number of benzene rings is 2. The van der Waals surface area contributed by atoms with Gasteiger partial charge >= 0.3 is 6.09 Å². The second kappa shape index (κ2) is 9.82. The molecule has 3 aromatic rings. The average molecular weight is 478 g/mol. The summed E-state index contributed by atoms with van der Waals surface area (Å²) in [4.78, 5) is 32.2. The minimum atomic E-state index is -0.612. The van der Waals surface area contributed by atoms with E-state index in [2.05, 4.69) is 22.4 Å². The fourth-order valence-electron chi connectivity index (χ4n) is 4.24. The number of carbonyl (C=O) groups excluding carboxylic acids is 2. The Morgan fingerprint density at radius 3 is 2.34 bits per heavy atom. The fraction of sp³-hybridized carbons (Fsp3) is 0.370. The molecule has 35 heavy (non-hydrogen) atoms. The van der Waals surface area contributed by atoms with Crippen LogP contribution < -0.4 is 14.8 Å². The largest absolute Gasteiger partial charge is 0.493 e. The second-order valence-electron chi connectivity index (χ2n) is 9.47. The molecule has 0 fully saturated rings. The van der Waals surface area contributed by atoms with Gasteiger partial charge in [-0.05, 0) is 50.5 Å². The molecular formula is C27H31N3O5. The van der Waals surface area contributed by atoms with E-state index in [1.807, 2.05) is 17.0 Å². The molecule has 0 saturated carbocycles. The molecule has 0 bridgehead atoms. The zero-order chi connectivity index (χ0) is 25.2. The molecule has 0 aliphatic carbocycles. The summed E-state index contributed by atoms with van der Waals surface area (Å²) in [6.07, 6.45) is 1.84. The molecule has 1 aromatic heterocycles. The van der Waals surface area contributed by atoms with Gasteiger partial charge in [-0.2, -0.15) is 0 Å². The number of fused-ring (bicyclic) bond motifs is 2. The van der Waals surface area contributed by atoms with Crippen molar-refractivity contribution in [2.24, 2.45) is 0 Å². The van der Waals surface area contributed by atoms with Gasteiger partial charge < -0.3 is 24.4 Å². The van der Waals surface area contributed by atoms with Crippen LogP contribution >= 0.6 is 0 Å². The highest BCUT2D eigenvalue weighted by molar-refractivity contribution is 6.08. The lowest BCUT2D eigenvalue weighted by atomic mass is 9.98. The molecule has 0 unspecified atom stereocenters. The van der Waals surface area contributed by atoms with Gasteiger partial charge in [-0.1, -0.05) is 24.3 Å². The molecule has 0 radical (unpaired) electrons. The van der Waals surface area contributed by atoms with Crippen LogP contribution in [0, 0.1) is 0 Å². The van der Waals surface area contributed by atoms with E-state index in [0.717, 1.165) is 12.0 Å². The summed E-state index contributed by atoms with van der Waals surface area (Å²) in [6, 6.07) is 11.8. The van der Waals surface area contributed by atoms with Crippen molar-refractivity contribution in [3.63, 3.8) is 0 Å². The smallest absolute Gasteiger partial charge is 0.407 e. The van der Waals surface area contributed by atoms with E-state index in [9.17, 15) is 9.59 Å². The van der Waals surface area contributed by atoms with Gasteiger partial charge in [-0.15, -0.1) is 0 Å². The number of pyridine rings is 1. The lowest BCUT2D eigenvalue weighted by molar-refractivity contribution is 0.0522. The Labute approximate surface area is 205 Å². The first kappa shape index (κ1) is 24.3. The molecule has 0 spiro atoms. The standard InChI is InChI=1S/C27H31N3O5/c1-27(2,3)35-26(32)29-15-22-20-13-24(34-5)23(33-4)12-19(20)21(14-28-22)25(31)30-11-10-17-8-6-7-9-18(17)16-30/h6-9,12-14H,10-11,15-16H2,1-5H3,(H,29,32). The summed E-state index contributed by atoms with van der Waals surface area (Å²) >= 11 is 0. The van der Waals surface area contributed by atoms with Gasteiger partial charge in [0, 0.05) is 30.1 Å². The summed E-state index contributed by atoms with van der Waals surface area (Å²) in [7, 11) is 3.11. The summed E-state index contributed by atoms with van der Waals surface area (Å²) in [5.41, 5.74) is 2.88. The molecule has 4 rings (SSSR count). The minimum absolute atomic E-state index is 0.101. The van der Waals surface area contributed by atoms with E-state index < -0.39 is 11.7 Å². The van der Waals surface area contributed by atoms with Crippen molar-refractivity contribution in [3.05, 3.63) is 65.0 Å². The Morgan fingerprint density at radius 2 is 1.69 bits per heavy atom. The van der Waals surface area contributed by atoms with Gasteiger partial charge in [0.15, 0.2) is 11.5 Å². The molecule has 2 aromatic carbocycles. The summed E-state index contributed by atoms with van der Waals surface area (Å²) < 4.78 is 16.3. The Kier molecular flexibility index (Phi) is 6.82. The molecule has 1 aliphatic rings. The van der Waals surface area contributed by atoms with Crippen LogP contribution in [0.2, 0.25) is 0 Å². The van der Waals surface area contributed by atoms with Crippen LogP contribution in [-0.4, -0.2) is 48.2 Å². The summed E-state index contributed by atoms with van der Waals surface area (Å²) in [5, 5.41) is 4.12. The lowest BCUT2D eigenvalue weighted by Gasteiger charge is -2.29. The number of ether oxygens (including phenoxy) is 3. The van der Waals surface area contributed by atoms with Crippen molar-refractivity contribution in [1.82, 2.24) is 15.2 Å². The topological polar surface area (TPSA) is 90.0 Å². The van der Waals surface area contributed by atoms with Crippen LogP contribution in [0.15, 0.2) is 42.6 Å². The first-order valence-corrected chi connectivity index (χ1v) is 11.6. The number of aromatic nitrogens is 1. The second-order valence-corrected chi connectivity index (χ2v) is 9.47. The normalized spacial score (nSPS) is 13.2. The fourth-order valence-corrected chi connectivity index (χ4v) is 4.24. The highest BCUT2D eigenvalue weighted by atomic mass is 16.6. The van der Waals surface area contributed by atoms with Crippen LogP contribution in [0.4, 0.5) is 4.79 Å². The first-order chi connectivity index (χ1) is 16.7. The number of amides is 2. The van der Waals surface area contributed by atoms with Crippen molar-refractivity contribution >= 4 is 22.8 Å². The molecule has 1 aliphatic heterocycles. The van der Waals surface area contributed by atoms with Gasteiger partial charge in [0.2, 0.25) is 0 Å². The van der Waals surface area contributed by atoms with Crippen LogP contribution in [0.3, 0.4) is 0 Å². The number of hydrogen-bond donors (Lipinski definition) is 1. The predicted molar refractivity (Wildman–Crippen MR) is 133 cm³/mol. The lowest BCUT2D eigenvalue weighted by Crippen LogP contribution is -2.36. The minimum Gasteiger partial charge on any atom is -0.493 e. The van der Waals surface area contributed by atoms with E-state index in [1.54, 1.807) is 53.3 Å². The van der Waals surface area contributed by atoms with E-state index in [0.29, 0.717) is 46.6 Å². The van der Waals surface area contributed by atoms with Crippen LogP contribution in [0.1, 0.15) is 48.0 Å². The van der Waals surface area contributed by atoms with E-state index >= 15 is 0 Å². The quantitative estimate of drug-likeness (QED) is 0.583. The molecule has 0 atom stereocenters. The number of alkyl carbamates (subject to hydrolysis) is 1. The molecule has 184 valence electrons. The molecule has 1 N–H and O–H groups in total. The average Bonchev–Trinajstić information content (AvgIpc) is 2.84. The third-order valence-corrected chi connectivity index (χ3v) is 5.92. The van der Waals surface area contributed by atoms with E-state index in [1.165, 1.54) is 5.56 Å². The van der Waals surface area contributed by atoms with Crippen molar-refractivity contribution in [1.29, 1.82) is 0 Å². The number of carbonyl (C=O) groups is 2. The predicted octanol–water partition coefficient (Wildman–Crippen LogP) is 4.48. The maximum absolute atomic E-state index is 13.6. The maximum Gasteiger partial charge on any atom is 0.407 e. The number of methoxy groups -OCH3 is 2. The van der Waals surface area contributed by atoms with Gasteiger partial charge in [-0.3, -0.25) is 9.78 Å². The molecule has 0 saturated heterocycles. The maximum atomic E-state index is 13.6. The molecular weight excluding hydrogens is 446 g/mol.